The van der Waals surface area contributed by atoms with Crippen LogP contribution in [0.4, 0.5) is 10.8 Å². The monoisotopic (exact) mass is 374 g/mol. The highest BCUT2D eigenvalue weighted by Gasteiger charge is 2.34. The number of rotatable bonds is 7. The number of nitrogens with one attached hydrogen (secondary N) is 1. The molecule has 0 bridgehead atoms. The molecule has 0 spiro atoms. The van der Waals surface area contributed by atoms with Gasteiger partial charge in [0.15, 0.2) is 0 Å². The van der Waals surface area contributed by atoms with Crippen LogP contribution in [0, 0.1) is 0 Å². The van der Waals surface area contributed by atoms with Gasteiger partial charge in [-0.3, -0.25) is 14.9 Å². The third-order valence-corrected chi connectivity index (χ3v) is 5.26. The maximum atomic E-state index is 12.5. The first-order valence-electron chi connectivity index (χ1n) is 8.71. The van der Waals surface area contributed by atoms with Gasteiger partial charge in [0, 0.05) is 31.2 Å². The third kappa shape index (κ3) is 4.08. The lowest BCUT2D eigenvalue weighted by Gasteiger charge is -2.19. The van der Waals surface area contributed by atoms with Crippen molar-refractivity contribution in [3.05, 3.63) is 34.8 Å². The number of aromatic nitrogens is 2. The quantitative estimate of drug-likeness (QED) is 0.805. The number of hydrogen-bond donors (Lipinski definition) is 1. The van der Waals surface area contributed by atoms with Gasteiger partial charge in [0.25, 0.3) is 5.91 Å². The summed E-state index contributed by atoms with van der Waals surface area (Å²) < 4.78 is 5.07. The van der Waals surface area contributed by atoms with Crippen LogP contribution in [0.5, 0.6) is 0 Å². The zero-order chi connectivity index (χ0) is 18.5. The molecule has 1 fully saturated rings. The van der Waals surface area contributed by atoms with Crippen molar-refractivity contribution in [2.45, 2.75) is 32.6 Å². The van der Waals surface area contributed by atoms with Gasteiger partial charge in [0.05, 0.1) is 0 Å². The Bertz CT molecular complexity index is 792. The van der Waals surface area contributed by atoms with Crippen LogP contribution in [-0.2, 0) is 20.7 Å². The van der Waals surface area contributed by atoms with Crippen LogP contribution in [-0.4, -0.2) is 41.8 Å². The predicted molar refractivity (Wildman–Crippen MR) is 101 cm³/mol. The molecule has 1 atom stereocenters. The Labute approximate surface area is 156 Å². The average molecular weight is 374 g/mol. The summed E-state index contributed by atoms with van der Waals surface area (Å²) in [5, 5.41) is 12.1. The fraction of sp³-hybridized carbons (Fsp3) is 0.444. The van der Waals surface area contributed by atoms with E-state index in [9.17, 15) is 9.59 Å². The smallest absolute Gasteiger partial charge is 0.252 e. The number of hydrogen-bond acceptors (Lipinski definition) is 6. The first kappa shape index (κ1) is 18.5. The van der Waals surface area contributed by atoms with Crippen molar-refractivity contribution in [1.82, 2.24) is 10.2 Å². The Morgan fingerprint density at radius 3 is 2.92 bits per heavy atom. The molecule has 138 valence electrons. The summed E-state index contributed by atoms with van der Waals surface area (Å²) in [6, 6.07) is 7.97. The fourth-order valence-electron chi connectivity index (χ4n) is 2.98. The van der Waals surface area contributed by atoms with Crippen molar-refractivity contribution in [3.63, 3.8) is 0 Å². The Balaban J connectivity index is 1.68. The van der Waals surface area contributed by atoms with Gasteiger partial charge in [-0.2, -0.15) is 0 Å². The third-order valence-electron chi connectivity index (χ3n) is 4.26. The van der Waals surface area contributed by atoms with Crippen LogP contribution in [0.3, 0.4) is 0 Å². The van der Waals surface area contributed by atoms with Gasteiger partial charge in [-0.25, -0.2) is 0 Å². The zero-order valence-electron chi connectivity index (χ0n) is 14.9. The molecule has 7 nitrogen and oxygen atoms in total. The summed E-state index contributed by atoms with van der Waals surface area (Å²) in [7, 11) is 0. The lowest BCUT2D eigenvalue weighted by Crippen LogP contribution is -2.25. The number of para-hydroxylation sites is 1. The molecule has 3 rings (SSSR count). The average Bonchev–Trinajstić information content (AvgIpc) is 3.26. The summed E-state index contributed by atoms with van der Waals surface area (Å²) in [6.45, 7) is 4.97. The van der Waals surface area contributed by atoms with E-state index in [1.54, 1.807) is 0 Å². The van der Waals surface area contributed by atoms with Crippen molar-refractivity contribution in [2.75, 3.05) is 30.0 Å². The number of aryl methyl sites for hydroxylation is 1. The Hall–Kier alpha value is -2.32. The van der Waals surface area contributed by atoms with Gasteiger partial charge in [-0.15, -0.1) is 10.2 Å². The highest BCUT2D eigenvalue weighted by Crippen LogP contribution is 2.35. The maximum Gasteiger partial charge on any atom is 0.252 e. The molecule has 2 amide bonds. The molecular formula is C18H22N4O3S. The molecule has 2 heterocycles. The van der Waals surface area contributed by atoms with Crippen LogP contribution in [0.25, 0.3) is 0 Å². The molecule has 8 heteroatoms. The van der Waals surface area contributed by atoms with E-state index < -0.39 is 0 Å². The van der Waals surface area contributed by atoms with Crippen LogP contribution in [0.2, 0.25) is 0 Å². The van der Waals surface area contributed by atoms with Gasteiger partial charge in [-0.05, 0) is 25.0 Å². The number of benzene rings is 1. The number of amides is 2. The summed E-state index contributed by atoms with van der Waals surface area (Å²) in [5.74, 6) is -0.175. The van der Waals surface area contributed by atoms with Crippen LogP contribution in [0.1, 0.15) is 36.8 Å². The number of anilines is 2. The van der Waals surface area contributed by atoms with Crippen molar-refractivity contribution < 1.29 is 14.3 Å². The lowest BCUT2D eigenvalue weighted by molar-refractivity contribution is -0.120. The Morgan fingerprint density at radius 2 is 2.15 bits per heavy atom. The molecule has 0 aliphatic carbocycles. The van der Waals surface area contributed by atoms with Gasteiger partial charge < -0.3 is 9.64 Å². The zero-order valence-corrected chi connectivity index (χ0v) is 15.7. The standard InChI is InChI=1S/C18H22N4O3S/c1-3-12-7-5-6-8-14(12)22-10-13(9-16(22)24)17-20-21-18(26-17)19-15(23)11-25-4-2/h5-8,13H,3-4,9-11H2,1-2H3,(H,19,21,23). The minimum atomic E-state index is -0.254. The molecule has 1 aromatic heterocycles. The molecule has 1 saturated heterocycles. The molecule has 0 saturated carbocycles. The second-order valence-corrected chi connectivity index (χ2v) is 7.03. The summed E-state index contributed by atoms with van der Waals surface area (Å²) in [6.07, 6.45) is 1.28. The van der Waals surface area contributed by atoms with E-state index in [2.05, 4.69) is 22.4 Å². The minimum absolute atomic E-state index is 0.00505. The Morgan fingerprint density at radius 1 is 1.35 bits per heavy atom. The molecule has 0 radical (unpaired) electrons. The van der Waals surface area contributed by atoms with Crippen molar-refractivity contribution in [1.29, 1.82) is 0 Å². The van der Waals surface area contributed by atoms with E-state index in [0.717, 1.165) is 22.7 Å². The van der Waals surface area contributed by atoms with E-state index in [4.69, 9.17) is 4.74 Å². The number of ether oxygens (including phenoxy) is 1. The highest BCUT2D eigenvalue weighted by molar-refractivity contribution is 7.15. The summed E-state index contributed by atoms with van der Waals surface area (Å²) in [5.41, 5.74) is 2.12. The van der Waals surface area contributed by atoms with E-state index in [0.29, 0.717) is 24.7 Å². The Kier molecular flexibility index (Phi) is 5.95. The number of carbonyl (C=O) groups excluding carboxylic acids is 2. The van der Waals surface area contributed by atoms with Crippen LogP contribution < -0.4 is 10.2 Å². The minimum Gasteiger partial charge on any atom is -0.372 e. The highest BCUT2D eigenvalue weighted by atomic mass is 32.1. The van der Waals surface area contributed by atoms with Crippen molar-refractivity contribution >= 4 is 34.0 Å². The normalized spacial score (nSPS) is 16.9. The first-order valence-corrected chi connectivity index (χ1v) is 9.53. The van der Waals surface area contributed by atoms with E-state index in [1.807, 2.05) is 36.1 Å². The molecule has 26 heavy (non-hydrogen) atoms. The molecule has 1 unspecified atom stereocenters. The molecule has 1 aliphatic heterocycles. The summed E-state index contributed by atoms with van der Waals surface area (Å²) in [4.78, 5) is 26.1. The number of nitrogens with zero attached hydrogens (tertiary/aromatic N) is 3. The van der Waals surface area contributed by atoms with Gasteiger partial charge in [0.2, 0.25) is 11.0 Å². The lowest BCUT2D eigenvalue weighted by atomic mass is 10.1. The van der Waals surface area contributed by atoms with Crippen molar-refractivity contribution in [2.24, 2.45) is 0 Å². The molecular weight excluding hydrogens is 352 g/mol. The topological polar surface area (TPSA) is 84.4 Å². The van der Waals surface area contributed by atoms with Gasteiger partial charge in [-0.1, -0.05) is 36.5 Å². The second kappa shape index (κ2) is 8.37. The largest absolute Gasteiger partial charge is 0.372 e. The molecule has 1 N–H and O–H groups in total. The van der Waals surface area contributed by atoms with Crippen LogP contribution in [0.15, 0.2) is 24.3 Å². The second-order valence-electron chi connectivity index (χ2n) is 6.02. The van der Waals surface area contributed by atoms with E-state index >= 15 is 0 Å². The van der Waals surface area contributed by atoms with Gasteiger partial charge >= 0.3 is 0 Å². The van der Waals surface area contributed by atoms with E-state index in [-0.39, 0.29) is 24.3 Å². The predicted octanol–water partition coefficient (Wildman–Crippen LogP) is 2.60. The van der Waals surface area contributed by atoms with Crippen molar-refractivity contribution in [3.8, 4) is 0 Å². The molecule has 1 aliphatic rings. The molecule has 1 aromatic carbocycles. The maximum absolute atomic E-state index is 12.5. The number of carbonyl (C=O) groups is 2. The SMILES string of the molecule is CCOCC(=O)Nc1nnc(C2CC(=O)N(c3ccccc3CC)C2)s1. The first-order chi connectivity index (χ1) is 12.6. The summed E-state index contributed by atoms with van der Waals surface area (Å²) >= 11 is 1.31. The van der Waals surface area contributed by atoms with Crippen LogP contribution >= 0.6 is 11.3 Å². The van der Waals surface area contributed by atoms with E-state index in [1.165, 1.54) is 11.3 Å². The van der Waals surface area contributed by atoms with Gasteiger partial charge in [0.1, 0.15) is 11.6 Å². The molecule has 2 aromatic rings. The fourth-order valence-corrected chi connectivity index (χ4v) is 3.83.